The number of urea groups is 1. The number of allylic oxidation sites excluding steroid dienone is 1. The van der Waals surface area contributed by atoms with Gasteiger partial charge in [-0.2, -0.15) is 5.10 Å². The van der Waals surface area contributed by atoms with Crippen molar-refractivity contribution in [2.24, 2.45) is 0 Å². The van der Waals surface area contributed by atoms with E-state index in [0.29, 0.717) is 16.8 Å². The molecule has 4 rings (SSSR count). The third kappa shape index (κ3) is 6.01. The monoisotopic (exact) mass is 524 g/mol. The van der Waals surface area contributed by atoms with Gasteiger partial charge in [-0.3, -0.25) is 9.48 Å². The molecule has 0 spiro atoms. The van der Waals surface area contributed by atoms with Crippen molar-refractivity contribution in [1.82, 2.24) is 19.1 Å². The Labute approximate surface area is 215 Å². The average Bonchev–Trinajstić information content (AvgIpc) is 3.48. The summed E-state index contributed by atoms with van der Waals surface area (Å²) in [7, 11) is -5.38. The largest absolute Gasteiger partial charge is 0.480 e. The van der Waals surface area contributed by atoms with Crippen LogP contribution in [0, 0.1) is 4.78 Å². The van der Waals surface area contributed by atoms with Crippen LogP contribution in [0.15, 0.2) is 64.6 Å². The molecule has 0 fully saturated rings. The van der Waals surface area contributed by atoms with E-state index in [1.165, 1.54) is 29.1 Å². The topological polar surface area (TPSA) is 162 Å². The molecule has 2 heterocycles. The lowest BCUT2D eigenvalue weighted by Crippen LogP contribution is -2.34. The van der Waals surface area contributed by atoms with Gasteiger partial charge >= 0.3 is 13.1 Å². The quantitative estimate of drug-likeness (QED) is 0.285. The fraction of sp³-hybridized carbons (Fsp3) is 0.292. The SMILES string of the molecule is CC(C)n1ccc(-c2ccc3c(c2NC(=O)NS(=N)(=O)c2ccn(C/C=C/B(O)O)n2)CCC3)cc1=O. The Balaban J connectivity index is 1.58. The second-order valence-corrected chi connectivity index (χ2v) is 10.8. The summed E-state index contributed by atoms with van der Waals surface area (Å²) in [6.07, 6.45) is 7.19. The van der Waals surface area contributed by atoms with E-state index in [-0.39, 0.29) is 23.2 Å². The van der Waals surface area contributed by atoms with Crippen molar-refractivity contribution in [3.05, 3.63) is 76.3 Å². The third-order valence-corrected chi connectivity index (χ3v) is 7.36. The van der Waals surface area contributed by atoms with E-state index < -0.39 is 23.1 Å². The molecule has 13 heteroatoms. The molecule has 3 aromatic rings. The zero-order valence-electron chi connectivity index (χ0n) is 20.5. The Bertz CT molecular complexity index is 1510. The van der Waals surface area contributed by atoms with Gasteiger partial charge in [-0.15, -0.1) is 0 Å². The molecule has 1 unspecified atom stereocenters. The summed E-state index contributed by atoms with van der Waals surface area (Å²) in [5.74, 6) is 1.14. The number of nitrogens with zero attached hydrogens (tertiary/aromatic N) is 3. The van der Waals surface area contributed by atoms with E-state index >= 15 is 0 Å². The summed E-state index contributed by atoms with van der Waals surface area (Å²) in [6.45, 7) is 4.01. The predicted octanol–water partition coefficient (Wildman–Crippen LogP) is 2.49. The molecule has 1 aromatic carbocycles. The molecule has 0 aliphatic heterocycles. The van der Waals surface area contributed by atoms with Crippen molar-refractivity contribution < 1.29 is 19.1 Å². The number of hydrogen-bond acceptors (Lipinski definition) is 7. The van der Waals surface area contributed by atoms with Crippen LogP contribution in [0.2, 0.25) is 0 Å². The molecule has 0 saturated heterocycles. The highest BCUT2D eigenvalue weighted by molar-refractivity contribution is 7.91. The Kier molecular flexibility index (Phi) is 7.67. The molecule has 0 saturated carbocycles. The number of aryl methyl sites for hydroxylation is 1. The molecule has 0 radical (unpaired) electrons. The normalized spacial score (nSPS) is 14.5. The van der Waals surface area contributed by atoms with Gasteiger partial charge in [0.25, 0.3) is 5.56 Å². The van der Waals surface area contributed by atoms with Gasteiger partial charge in [-0.25, -0.2) is 18.5 Å². The minimum atomic E-state index is -3.78. The number of carbonyl (C=O) groups excluding carboxylic acids is 1. The summed E-state index contributed by atoms with van der Waals surface area (Å²) in [5, 5.41) is 24.4. The van der Waals surface area contributed by atoms with Crippen molar-refractivity contribution in [1.29, 1.82) is 4.78 Å². The van der Waals surface area contributed by atoms with Gasteiger partial charge in [-0.1, -0.05) is 24.2 Å². The van der Waals surface area contributed by atoms with Crippen molar-refractivity contribution in [2.75, 3.05) is 5.32 Å². The number of amides is 2. The third-order valence-electron chi connectivity index (χ3n) is 6.08. The molecular formula is C24H29BN6O5S. The van der Waals surface area contributed by atoms with Gasteiger partial charge in [0, 0.05) is 30.1 Å². The molecule has 1 atom stereocenters. The highest BCUT2D eigenvalue weighted by Crippen LogP contribution is 2.37. The van der Waals surface area contributed by atoms with E-state index in [4.69, 9.17) is 14.8 Å². The minimum Gasteiger partial charge on any atom is -0.424 e. The zero-order chi connectivity index (χ0) is 26.7. The van der Waals surface area contributed by atoms with Crippen molar-refractivity contribution >= 4 is 28.8 Å². The number of hydrogen-bond donors (Lipinski definition) is 5. The van der Waals surface area contributed by atoms with Crippen molar-refractivity contribution in [2.45, 2.75) is 50.7 Å². The first-order valence-corrected chi connectivity index (χ1v) is 13.4. The van der Waals surface area contributed by atoms with Gasteiger partial charge in [0.2, 0.25) is 0 Å². The molecule has 2 aromatic heterocycles. The Morgan fingerprint density at radius 3 is 2.73 bits per heavy atom. The molecule has 2 amide bonds. The highest BCUT2D eigenvalue weighted by Gasteiger charge is 2.23. The standard InChI is InChI=1S/C24H29BN6O5S/c1-16(2)31-14-9-18(15-22(31)32)20-8-7-17-5-3-6-19(17)23(20)27-24(33)29-37(26,36)21-10-13-30(28-21)12-4-11-25(34)35/h4,7-11,13-16,34-35H,3,5-6,12H2,1-2H3,(H3,26,27,29,33,36)/b11-4+. The maximum Gasteiger partial charge on any atom is 0.480 e. The van der Waals surface area contributed by atoms with Crippen LogP contribution in [-0.2, 0) is 29.3 Å². The maximum absolute atomic E-state index is 13.0. The van der Waals surface area contributed by atoms with Crippen LogP contribution in [-0.4, -0.2) is 41.8 Å². The number of benzene rings is 1. The zero-order valence-corrected chi connectivity index (χ0v) is 21.4. The molecule has 37 heavy (non-hydrogen) atoms. The van der Waals surface area contributed by atoms with E-state index in [0.717, 1.165) is 36.4 Å². The average molecular weight is 524 g/mol. The molecule has 0 bridgehead atoms. The molecule has 5 N–H and O–H groups in total. The van der Waals surface area contributed by atoms with Gasteiger partial charge in [0.05, 0.1) is 12.2 Å². The summed E-state index contributed by atoms with van der Waals surface area (Å²) in [6, 6.07) is 7.76. The van der Waals surface area contributed by atoms with Crippen LogP contribution in [0.25, 0.3) is 11.1 Å². The predicted molar refractivity (Wildman–Crippen MR) is 141 cm³/mol. The number of pyridine rings is 1. The highest BCUT2D eigenvalue weighted by atomic mass is 32.2. The molecular weight excluding hydrogens is 495 g/mol. The smallest absolute Gasteiger partial charge is 0.424 e. The fourth-order valence-corrected chi connectivity index (χ4v) is 5.23. The molecule has 11 nitrogen and oxygen atoms in total. The van der Waals surface area contributed by atoms with E-state index in [1.807, 2.05) is 32.0 Å². The molecule has 194 valence electrons. The van der Waals surface area contributed by atoms with Crippen LogP contribution in [0.4, 0.5) is 10.5 Å². The van der Waals surface area contributed by atoms with Gasteiger partial charge in [-0.05, 0) is 61.9 Å². The van der Waals surface area contributed by atoms with E-state index in [1.54, 1.807) is 10.8 Å². The van der Waals surface area contributed by atoms with Crippen LogP contribution < -0.4 is 15.6 Å². The number of anilines is 1. The van der Waals surface area contributed by atoms with Gasteiger partial charge in [0.1, 0.15) is 0 Å². The Morgan fingerprint density at radius 2 is 2.03 bits per heavy atom. The number of fused-ring (bicyclic) bond motifs is 1. The van der Waals surface area contributed by atoms with Crippen LogP contribution >= 0.6 is 0 Å². The lowest BCUT2D eigenvalue weighted by molar-refractivity contribution is 0.256. The minimum absolute atomic E-state index is 0.0101. The van der Waals surface area contributed by atoms with Crippen molar-refractivity contribution in [3.8, 4) is 11.1 Å². The van der Waals surface area contributed by atoms with Crippen LogP contribution in [0.1, 0.15) is 37.4 Å². The first-order chi connectivity index (χ1) is 17.5. The number of rotatable bonds is 8. The first-order valence-electron chi connectivity index (χ1n) is 11.9. The summed E-state index contributed by atoms with van der Waals surface area (Å²) >= 11 is 0. The second kappa shape index (κ2) is 10.7. The number of aromatic nitrogens is 3. The van der Waals surface area contributed by atoms with E-state index in [9.17, 15) is 13.8 Å². The van der Waals surface area contributed by atoms with Crippen LogP contribution in [0.3, 0.4) is 0 Å². The van der Waals surface area contributed by atoms with Crippen molar-refractivity contribution in [3.63, 3.8) is 0 Å². The molecule has 1 aliphatic carbocycles. The van der Waals surface area contributed by atoms with Gasteiger partial charge in [0.15, 0.2) is 14.9 Å². The number of carbonyl (C=O) groups is 1. The summed E-state index contributed by atoms with van der Waals surface area (Å²) in [5.41, 5.74) is 3.75. The summed E-state index contributed by atoms with van der Waals surface area (Å²) in [4.78, 5) is 25.6. The maximum atomic E-state index is 13.0. The first kappa shape index (κ1) is 26.4. The lowest BCUT2D eigenvalue weighted by atomic mass is 9.92. The Morgan fingerprint density at radius 1 is 1.24 bits per heavy atom. The fourth-order valence-electron chi connectivity index (χ4n) is 4.34. The summed E-state index contributed by atoms with van der Waals surface area (Å²) < 4.78 is 26.4. The Hall–Kier alpha value is -3.68. The molecule has 1 aliphatic rings. The second-order valence-electron chi connectivity index (χ2n) is 9.06. The van der Waals surface area contributed by atoms with Crippen LogP contribution in [0.5, 0.6) is 0 Å². The lowest BCUT2D eigenvalue weighted by Gasteiger charge is -2.18. The number of nitrogens with one attached hydrogen (secondary N) is 3. The van der Waals surface area contributed by atoms with E-state index in [2.05, 4.69) is 15.1 Å². The van der Waals surface area contributed by atoms with Gasteiger partial charge < -0.3 is 19.9 Å².